The minimum absolute atomic E-state index is 0.00946. The summed E-state index contributed by atoms with van der Waals surface area (Å²) in [6.07, 6.45) is 39.7. The Morgan fingerprint density at radius 1 is 0.368 bits per heavy atom. The second-order valence-electron chi connectivity index (χ2n) is 18.2. The van der Waals surface area contributed by atoms with Gasteiger partial charge in [-0.15, -0.1) is 0 Å². The van der Waals surface area contributed by atoms with Crippen molar-refractivity contribution >= 4 is 29.8 Å². The Bertz CT molecular complexity index is 1260. The van der Waals surface area contributed by atoms with Crippen LogP contribution in [-0.2, 0) is 57.1 Å². The second-order valence-corrected chi connectivity index (χ2v) is 18.2. The van der Waals surface area contributed by atoms with Gasteiger partial charge in [-0.2, -0.15) is 0 Å². The maximum absolute atomic E-state index is 12.8. The SMILES string of the molecule is CCCCCCCC/C=C\CCCCCCCC(=O)OC[C@H](COC(=O)CCC(=O)OCCOCCOCCOC(=O)CCCN(C)C)OC(=O)CCCCCCC/C=C\CCCCCCCC. The van der Waals surface area contributed by atoms with Crippen molar-refractivity contribution in [3.05, 3.63) is 24.3 Å². The van der Waals surface area contributed by atoms with Crippen molar-refractivity contribution in [2.45, 2.75) is 225 Å². The fourth-order valence-electron chi connectivity index (χ4n) is 7.20. The Hall–Kier alpha value is -3.29. The highest BCUT2D eigenvalue weighted by Crippen LogP contribution is 2.13. The van der Waals surface area contributed by atoms with E-state index in [0.717, 1.165) is 90.0 Å². The van der Waals surface area contributed by atoms with E-state index < -0.39 is 24.0 Å². The fraction of sp³-hybridized carbons (Fsp3) is 0.836. The zero-order valence-corrected chi connectivity index (χ0v) is 43.7. The van der Waals surface area contributed by atoms with Crippen molar-refractivity contribution in [2.24, 2.45) is 0 Å². The van der Waals surface area contributed by atoms with Gasteiger partial charge in [-0.1, -0.05) is 141 Å². The van der Waals surface area contributed by atoms with Crippen LogP contribution < -0.4 is 0 Å². The molecule has 396 valence electrons. The molecule has 13 heteroatoms. The maximum atomic E-state index is 12.8. The number of hydrogen-bond donors (Lipinski definition) is 0. The van der Waals surface area contributed by atoms with Crippen LogP contribution in [0.2, 0.25) is 0 Å². The molecule has 0 amide bonds. The number of hydrogen-bond acceptors (Lipinski definition) is 13. The predicted octanol–water partition coefficient (Wildman–Crippen LogP) is 12.3. The summed E-state index contributed by atoms with van der Waals surface area (Å²) in [4.78, 5) is 63.9. The van der Waals surface area contributed by atoms with Gasteiger partial charge in [0.1, 0.15) is 26.4 Å². The van der Waals surface area contributed by atoms with E-state index in [9.17, 15) is 24.0 Å². The van der Waals surface area contributed by atoms with E-state index in [0.29, 0.717) is 19.4 Å². The summed E-state index contributed by atoms with van der Waals surface area (Å²) in [6, 6.07) is 0. The van der Waals surface area contributed by atoms with Gasteiger partial charge >= 0.3 is 29.8 Å². The van der Waals surface area contributed by atoms with Crippen molar-refractivity contribution in [3.8, 4) is 0 Å². The molecule has 0 aromatic heterocycles. The van der Waals surface area contributed by atoms with E-state index >= 15 is 0 Å². The van der Waals surface area contributed by atoms with Crippen LogP contribution in [0.4, 0.5) is 0 Å². The molecule has 0 fully saturated rings. The standard InChI is InChI=1S/C55H99NO12/c1-5-7-9-11-13-15-17-19-21-23-25-27-29-31-33-36-52(58)66-48-50(68-55(61)37-34-32-30-28-26-24-22-20-18-16-14-12-10-8-6-2)49-67-54(60)40-39-53(59)65-47-45-63-43-42-62-44-46-64-51(57)38-35-41-56(3)4/h19-22,50H,5-18,23-49H2,1-4H3/b21-19-,22-20-/t50-/m1/s1. The summed E-state index contributed by atoms with van der Waals surface area (Å²) in [5.41, 5.74) is 0. The lowest BCUT2D eigenvalue weighted by molar-refractivity contribution is -0.167. The number of ether oxygens (including phenoxy) is 7. The molecule has 0 aliphatic heterocycles. The molecule has 0 aliphatic carbocycles. The Balaban J connectivity index is 4.47. The van der Waals surface area contributed by atoms with Crippen LogP contribution in [0, 0.1) is 0 Å². The summed E-state index contributed by atoms with van der Waals surface area (Å²) in [5.74, 6) is -2.30. The molecular weight excluding hydrogens is 867 g/mol. The number of carbonyl (C=O) groups is 5. The van der Waals surface area contributed by atoms with Gasteiger partial charge in [-0.05, 0) is 91.3 Å². The van der Waals surface area contributed by atoms with E-state index in [1.165, 1.54) is 83.5 Å². The molecule has 0 saturated carbocycles. The Morgan fingerprint density at radius 3 is 1.12 bits per heavy atom. The molecular formula is C55H99NO12. The molecule has 0 saturated heterocycles. The van der Waals surface area contributed by atoms with Crippen LogP contribution in [0.25, 0.3) is 0 Å². The highest BCUT2D eigenvalue weighted by molar-refractivity contribution is 5.77. The Labute approximate surface area is 413 Å². The summed E-state index contributed by atoms with van der Waals surface area (Å²) in [6.45, 7) is 5.98. The first-order chi connectivity index (χ1) is 33.2. The second kappa shape index (κ2) is 51.6. The average molecular weight is 966 g/mol. The monoisotopic (exact) mass is 966 g/mol. The van der Waals surface area contributed by atoms with E-state index in [2.05, 4.69) is 38.2 Å². The molecule has 0 bridgehead atoms. The van der Waals surface area contributed by atoms with E-state index in [1.807, 2.05) is 19.0 Å². The summed E-state index contributed by atoms with van der Waals surface area (Å²) in [7, 11) is 3.91. The van der Waals surface area contributed by atoms with Gasteiger partial charge in [0, 0.05) is 19.3 Å². The number of rotatable bonds is 51. The van der Waals surface area contributed by atoms with Crippen molar-refractivity contribution in [2.75, 3.05) is 73.5 Å². The Morgan fingerprint density at radius 2 is 0.691 bits per heavy atom. The Kier molecular flexibility index (Phi) is 49.1. The van der Waals surface area contributed by atoms with E-state index in [1.54, 1.807) is 0 Å². The molecule has 0 unspecified atom stereocenters. The van der Waals surface area contributed by atoms with E-state index in [-0.39, 0.29) is 83.9 Å². The zero-order chi connectivity index (χ0) is 49.8. The number of unbranched alkanes of at least 4 members (excludes halogenated alkanes) is 22. The summed E-state index contributed by atoms with van der Waals surface area (Å²) < 4.78 is 37.5. The normalized spacial score (nSPS) is 12.0. The molecule has 0 spiro atoms. The first-order valence-electron chi connectivity index (χ1n) is 27.1. The third kappa shape index (κ3) is 50.6. The van der Waals surface area contributed by atoms with Crippen molar-refractivity contribution in [1.82, 2.24) is 4.90 Å². The quantitative estimate of drug-likeness (QED) is 0.0246. The van der Waals surface area contributed by atoms with Crippen LogP contribution in [-0.4, -0.2) is 114 Å². The fourth-order valence-corrected chi connectivity index (χ4v) is 7.20. The van der Waals surface area contributed by atoms with Gasteiger partial charge in [0.15, 0.2) is 6.10 Å². The lowest BCUT2D eigenvalue weighted by Gasteiger charge is -2.18. The van der Waals surface area contributed by atoms with Gasteiger partial charge in [-0.3, -0.25) is 24.0 Å². The molecule has 0 radical (unpaired) electrons. The molecule has 0 aromatic carbocycles. The van der Waals surface area contributed by atoms with Gasteiger partial charge in [-0.25, -0.2) is 0 Å². The number of esters is 5. The number of carbonyl (C=O) groups excluding carboxylic acids is 5. The predicted molar refractivity (Wildman–Crippen MR) is 271 cm³/mol. The number of allylic oxidation sites excluding steroid dienone is 4. The smallest absolute Gasteiger partial charge is 0.306 e. The molecule has 0 heterocycles. The van der Waals surface area contributed by atoms with Crippen LogP contribution in [0.3, 0.4) is 0 Å². The van der Waals surface area contributed by atoms with E-state index in [4.69, 9.17) is 33.2 Å². The zero-order valence-electron chi connectivity index (χ0n) is 43.7. The summed E-state index contributed by atoms with van der Waals surface area (Å²) >= 11 is 0. The minimum Gasteiger partial charge on any atom is -0.463 e. The van der Waals surface area contributed by atoms with Crippen molar-refractivity contribution < 1.29 is 57.1 Å². The molecule has 0 N–H and O–H groups in total. The largest absolute Gasteiger partial charge is 0.463 e. The molecule has 0 aliphatic rings. The summed E-state index contributed by atoms with van der Waals surface area (Å²) in [5, 5.41) is 0. The van der Waals surface area contributed by atoms with Gasteiger partial charge in [0.05, 0.1) is 39.3 Å². The van der Waals surface area contributed by atoms with Gasteiger partial charge in [0.25, 0.3) is 0 Å². The van der Waals surface area contributed by atoms with Crippen LogP contribution in [0.15, 0.2) is 24.3 Å². The van der Waals surface area contributed by atoms with Gasteiger partial charge in [0.2, 0.25) is 0 Å². The van der Waals surface area contributed by atoms with Crippen LogP contribution >= 0.6 is 0 Å². The first kappa shape index (κ1) is 64.7. The highest BCUT2D eigenvalue weighted by atomic mass is 16.6. The molecule has 13 nitrogen and oxygen atoms in total. The lowest BCUT2D eigenvalue weighted by Crippen LogP contribution is -2.31. The molecule has 68 heavy (non-hydrogen) atoms. The lowest BCUT2D eigenvalue weighted by atomic mass is 10.1. The minimum atomic E-state index is -0.950. The maximum Gasteiger partial charge on any atom is 0.306 e. The molecule has 0 rings (SSSR count). The highest BCUT2D eigenvalue weighted by Gasteiger charge is 2.20. The van der Waals surface area contributed by atoms with Gasteiger partial charge < -0.3 is 38.1 Å². The molecule has 1 atom stereocenters. The van der Waals surface area contributed by atoms with Crippen LogP contribution in [0.5, 0.6) is 0 Å². The third-order valence-electron chi connectivity index (χ3n) is 11.3. The topological polar surface area (TPSA) is 153 Å². The van der Waals surface area contributed by atoms with Crippen molar-refractivity contribution in [1.29, 1.82) is 0 Å². The third-order valence-corrected chi connectivity index (χ3v) is 11.3. The van der Waals surface area contributed by atoms with Crippen molar-refractivity contribution in [3.63, 3.8) is 0 Å². The molecule has 0 aromatic rings. The first-order valence-corrected chi connectivity index (χ1v) is 27.1. The number of nitrogens with zero attached hydrogens (tertiary/aromatic N) is 1. The van der Waals surface area contributed by atoms with Crippen LogP contribution in [0.1, 0.15) is 219 Å². The average Bonchev–Trinajstić information content (AvgIpc) is 3.32.